The van der Waals surface area contributed by atoms with Crippen LogP contribution in [0.1, 0.15) is 37.0 Å². The molecule has 0 saturated carbocycles. The van der Waals surface area contributed by atoms with E-state index in [9.17, 15) is 8.42 Å². The van der Waals surface area contributed by atoms with Crippen LogP contribution in [0.5, 0.6) is 0 Å². The lowest BCUT2D eigenvalue weighted by atomic mass is 10.0. The molecule has 1 N–H and O–H groups in total. The second kappa shape index (κ2) is 7.37. The summed E-state index contributed by atoms with van der Waals surface area (Å²) in [5.41, 5.74) is 2.09. The highest BCUT2D eigenvalue weighted by Gasteiger charge is 2.18. The Morgan fingerprint density at radius 1 is 1.14 bits per heavy atom. The highest BCUT2D eigenvalue weighted by Crippen LogP contribution is 2.20. The van der Waals surface area contributed by atoms with Gasteiger partial charge in [-0.3, -0.25) is 0 Å². The van der Waals surface area contributed by atoms with Crippen molar-refractivity contribution in [3.8, 4) is 0 Å². The van der Waals surface area contributed by atoms with Crippen molar-refractivity contribution in [3.05, 3.63) is 52.2 Å². The summed E-state index contributed by atoms with van der Waals surface area (Å²) in [5, 5.41) is 3.90. The van der Waals surface area contributed by atoms with E-state index < -0.39 is 10.0 Å². The number of rotatable bonds is 7. The highest BCUT2D eigenvalue weighted by molar-refractivity contribution is 7.89. The van der Waals surface area contributed by atoms with Crippen LogP contribution in [-0.4, -0.2) is 22.1 Å². The van der Waals surface area contributed by atoms with Crippen molar-refractivity contribution in [2.24, 2.45) is 0 Å². The average Bonchev–Trinajstić information content (AvgIpc) is 3.02. The zero-order valence-electron chi connectivity index (χ0n) is 12.9. The smallest absolute Gasteiger partial charge is 0.240 e. The molecule has 120 valence electrons. The number of thiophene rings is 1. The molecule has 0 aliphatic carbocycles. The lowest BCUT2D eigenvalue weighted by Gasteiger charge is -2.15. The number of ether oxygens (including phenoxy) is 1. The number of nitrogens with one attached hydrogen (secondary N) is 1. The van der Waals surface area contributed by atoms with Crippen LogP contribution < -0.4 is 4.72 Å². The van der Waals surface area contributed by atoms with Crippen molar-refractivity contribution in [2.75, 3.05) is 13.7 Å². The number of hydrogen-bond donors (Lipinski definition) is 1. The maximum absolute atomic E-state index is 12.3. The lowest BCUT2D eigenvalue weighted by molar-refractivity contribution is 0.107. The molecule has 0 aliphatic heterocycles. The van der Waals surface area contributed by atoms with Crippen molar-refractivity contribution in [3.63, 3.8) is 0 Å². The van der Waals surface area contributed by atoms with Crippen LogP contribution in [0.25, 0.3) is 0 Å². The van der Waals surface area contributed by atoms with Crippen LogP contribution >= 0.6 is 11.3 Å². The molecule has 0 spiro atoms. The third-order valence-electron chi connectivity index (χ3n) is 3.52. The zero-order chi connectivity index (χ0) is 16.2. The van der Waals surface area contributed by atoms with Crippen molar-refractivity contribution < 1.29 is 13.2 Å². The first-order valence-corrected chi connectivity index (χ1v) is 9.51. The van der Waals surface area contributed by atoms with Gasteiger partial charge in [0.15, 0.2) is 0 Å². The molecule has 2 rings (SSSR count). The Balaban J connectivity index is 2.07. The predicted molar refractivity (Wildman–Crippen MR) is 89.8 cm³/mol. The standard InChI is InChI=1S/C16H21NO3S2/c1-12(2)13-4-6-15(7-5-13)22(18,19)17-10-16(20-3)14-8-9-21-11-14/h4-9,11-12,16-17H,10H2,1-3H3. The van der Waals surface area contributed by atoms with Crippen LogP contribution in [0.15, 0.2) is 46.0 Å². The average molecular weight is 339 g/mol. The molecule has 1 heterocycles. The Bertz CT molecular complexity index is 677. The number of sulfonamides is 1. The molecule has 0 radical (unpaired) electrons. The SMILES string of the molecule is COC(CNS(=O)(=O)c1ccc(C(C)C)cc1)c1ccsc1. The van der Waals surface area contributed by atoms with Gasteiger partial charge in [0.2, 0.25) is 10.0 Å². The molecule has 22 heavy (non-hydrogen) atoms. The summed E-state index contributed by atoms with van der Waals surface area (Å²) in [7, 11) is -1.95. The van der Waals surface area contributed by atoms with Crippen LogP contribution in [0.3, 0.4) is 0 Å². The van der Waals surface area contributed by atoms with E-state index in [2.05, 4.69) is 18.6 Å². The van der Waals surface area contributed by atoms with E-state index in [0.29, 0.717) is 5.92 Å². The molecule has 0 fully saturated rings. The number of benzene rings is 1. The molecule has 1 aromatic carbocycles. The van der Waals surface area contributed by atoms with Crippen LogP contribution in [0.4, 0.5) is 0 Å². The van der Waals surface area contributed by atoms with Gasteiger partial charge in [-0.15, -0.1) is 0 Å². The van der Waals surface area contributed by atoms with Crippen molar-refractivity contribution in [1.82, 2.24) is 4.72 Å². The van der Waals surface area contributed by atoms with E-state index in [0.717, 1.165) is 11.1 Å². The monoisotopic (exact) mass is 339 g/mol. The quantitative estimate of drug-likeness (QED) is 0.839. The van der Waals surface area contributed by atoms with E-state index in [-0.39, 0.29) is 17.5 Å². The second-order valence-electron chi connectivity index (χ2n) is 5.36. The maximum atomic E-state index is 12.3. The van der Waals surface area contributed by atoms with Crippen LogP contribution in [0, 0.1) is 0 Å². The molecule has 4 nitrogen and oxygen atoms in total. The minimum absolute atomic E-state index is 0.210. The Labute approximate surface area is 136 Å². The summed E-state index contributed by atoms with van der Waals surface area (Å²) < 4.78 is 32.6. The molecule has 0 amide bonds. The molecule has 1 atom stereocenters. The Hall–Kier alpha value is -1.21. The predicted octanol–water partition coefficient (Wildman–Crippen LogP) is 3.54. The van der Waals surface area contributed by atoms with Gasteiger partial charge in [-0.25, -0.2) is 13.1 Å². The molecule has 2 aromatic rings. The van der Waals surface area contributed by atoms with Crippen LogP contribution in [-0.2, 0) is 14.8 Å². The summed E-state index contributed by atoms with van der Waals surface area (Å²) in [6.07, 6.45) is -0.282. The summed E-state index contributed by atoms with van der Waals surface area (Å²) in [4.78, 5) is 0.275. The summed E-state index contributed by atoms with van der Waals surface area (Å²) >= 11 is 1.56. The summed E-state index contributed by atoms with van der Waals surface area (Å²) in [6, 6.07) is 8.93. The topological polar surface area (TPSA) is 55.4 Å². The number of hydrogen-bond acceptors (Lipinski definition) is 4. The molecular formula is C16H21NO3S2. The number of methoxy groups -OCH3 is 1. The van der Waals surface area contributed by atoms with Gasteiger partial charge in [-0.05, 0) is 46.0 Å². The normalized spacial score (nSPS) is 13.5. The van der Waals surface area contributed by atoms with Gasteiger partial charge in [-0.1, -0.05) is 26.0 Å². The second-order valence-corrected chi connectivity index (χ2v) is 7.90. The molecule has 0 saturated heterocycles. The third-order valence-corrected chi connectivity index (χ3v) is 5.66. The Morgan fingerprint density at radius 3 is 2.32 bits per heavy atom. The third kappa shape index (κ3) is 4.16. The van der Waals surface area contributed by atoms with E-state index in [1.165, 1.54) is 0 Å². The minimum atomic E-state index is -3.53. The summed E-state index contributed by atoms with van der Waals surface area (Å²) in [5.74, 6) is 0.376. The van der Waals surface area contributed by atoms with Gasteiger partial charge in [0.1, 0.15) is 0 Å². The van der Waals surface area contributed by atoms with Crippen LogP contribution in [0.2, 0.25) is 0 Å². The fourth-order valence-corrected chi connectivity index (χ4v) is 3.83. The maximum Gasteiger partial charge on any atom is 0.240 e. The van der Waals surface area contributed by atoms with Crippen molar-refractivity contribution in [2.45, 2.75) is 30.8 Å². The zero-order valence-corrected chi connectivity index (χ0v) is 14.6. The Kier molecular flexibility index (Phi) is 5.74. The fraction of sp³-hybridized carbons (Fsp3) is 0.375. The Morgan fingerprint density at radius 2 is 1.82 bits per heavy atom. The molecule has 0 bridgehead atoms. The van der Waals surface area contributed by atoms with Gasteiger partial charge >= 0.3 is 0 Å². The van der Waals surface area contributed by atoms with Gasteiger partial charge in [-0.2, -0.15) is 11.3 Å². The molecule has 0 aliphatic rings. The first-order valence-electron chi connectivity index (χ1n) is 7.08. The molecule has 1 unspecified atom stereocenters. The van der Waals surface area contributed by atoms with E-state index in [4.69, 9.17) is 4.74 Å². The fourth-order valence-electron chi connectivity index (χ4n) is 2.10. The van der Waals surface area contributed by atoms with Gasteiger partial charge in [0.05, 0.1) is 11.0 Å². The first kappa shape index (κ1) is 17.1. The largest absolute Gasteiger partial charge is 0.375 e. The van der Waals surface area contributed by atoms with Crippen molar-refractivity contribution in [1.29, 1.82) is 0 Å². The summed E-state index contributed by atoms with van der Waals surface area (Å²) in [6.45, 7) is 4.36. The molecule has 1 aromatic heterocycles. The van der Waals surface area contributed by atoms with E-state index in [1.54, 1.807) is 30.6 Å². The van der Waals surface area contributed by atoms with Gasteiger partial charge in [0.25, 0.3) is 0 Å². The highest BCUT2D eigenvalue weighted by atomic mass is 32.2. The minimum Gasteiger partial charge on any atom is -0.375 e. The van der Waals surface area contributed by atoms with E-state index >= 15 is 0 Å². The molecular weight excluding hydrogens is 318 g/mol. The molecule has 6 heteroatoms. The van der Waals surface area contributed by atoms with E-state index in [1.807, 2.05) is 29.0 Å². The van der Waals surface area contributed by atoms with Crippen molar-refractivity contribution >= 4 is 21.4 Å². The van der Waals surface area contributed by atoms with Gasteiger partial charge in [0, 0.05) is 13.7 Å². The van der Waals surface area contributed by atoms with Gasteiger partial charge < -0.3 is 4.74 Å². The first-order chi connectivity index (χ1) is 10.4. The lowest BCUT2D eigenvalue weighted by Crippen LogP contribution is -2.29.